The Hall–Kier alpha value is -6.56. The first-order chi connectivity index (χ1) is 32.1. The number of rotatable bonds is 28. The topological polar surface area (TPSA) is 124 Å². The summed E-state index contributed by atoms with van der Waals surface area (Å²) in [6, 6.07) is 25.0. The van der Waals surface area contributed by atoms with E-state index in [1.807, 2.05) is 0 Å². The summed E-state index contributed by atoms with van der Waals surface area (Å²) in [5.74, 6) is -3.77. The molecule has 0 aliphatic heterocycles. The van der Waals surface area contributed by atoms with Crippen molar-refractivity contribution in [2.24, 2.45) is 0 Å². The van der Waals surface area contributed by atoms with Gasteiger partial charge in [-0.25, -0.2) is 28.0 Å². The van der Waals surface area contributed by atoms with E-state index in [0.717, 1.165) is 50.7 Å². The van der Waals surface area contributed by atoms with Crippen LogP contribution in [-0.2, 0) is 0 Å². The van der Waals surface area contributed by atoms with Crippen LogP contribution >= 0.6 is 0 Å². The quantitative estimate of drug-likeness (QED) is 0.0272. The van der Waals surface area contributed by atoms with Crippen molar-refractivity contribution in [1.82, 2.24) is 0 Å². The number of ether oxygens (including phenoxy) is 6. The third kappa shape index (κ3) is 17.1. The molecule has 0 atom stereocenters. The highest BCUT2D eigenvalue weighted by Crippen LogP contribution is 2.26. The summed E-state index contributed by atoms with van der Waals surface area (Å²) in [5, 5.41) is 0. The molecule has 66 heavy (non-hydrogen) atoms. The van der Waals surface area contributed by atoms with Crippen LogP contribution in [0, 0.1) is 11.6 Å². The van der Waals surface area contributed by atoms with Crippen LogP contribution in [-0.4, -0.2) is 37.1 Å². The van der Waals surface area contributed by atoms with Gasteiger partial charge in [0.2, 0.25) is 0 Å². The Kier molecular flexibility index (Phi) is 21.2. The first-order valence-electron chi connectivity index (χ1n) is 23.2. The smallest absolute Gasteiger partial charge is 0.343 e. The van der Waals surface area contributed by atoms with Gasteiger partial charge in [0, 0.05) is 6.07 Å². The van der Waals surface area contributed by atoms with Gasteiger partial charge in [-0.15, -0.1) is 0 Å². The van der Waals surface area contributed by atoms with E-state index in [4.69, 9.17) is 28.4 Å². The number of benzene rings is 5. The maximum absolute atomic E-state index is 14.7. The monoisotopic (exact) mass is 906 g/mol. The zero-order chi connectivity index (χ0) is 46.9. The average Bonchev–Trinajstić information content (AvgIpc) is 3.31. The maximum Gasteiger partial charge on any atom is 0.343 e. The molecule has 0 N–H and O–H groups in total. The molecule has 0 radical (unpaired) electrons. The molecule has 0 spiro atoms. The summed E-state index contributed by atoms with van der Waals surface area (Å²) in [7, 11) is 0. The van der Waals surface area contributed by atoms with Gasteiger partial charge >= 0.3 is 23.9 Å². The van der Waals surface area contributed by atoms with Gasteiger partial charge in [0.1, 0.15) is 23.0 Å². The Balaban J connectivity index is 1.03. The number of carbonyl (C=O) groups excluding carboxylic acids is 4. The summed E-state index contributed by atoms with van der Waals surface area (Å²) < 4.78 is 62.4. The van der Waals surface area contributed by atoms with Crippen molar-refractivity contribution >= 4 is 23.9 Å². The lowest BCUT2D eigenvalue weighted by Crippen LogP contribution is -2.11. The van der Waals surface area contributed by atoms with Crippen LogP contribution < -0.4 is 28.4 Å². The van der Waals surface area contributed by atoms with Crippen LogP contribution in [0.1, 0.15) is 158 Å². The largest absolute Gasteiger partial charge is 0.491 e. The van der Waals surface area contributed by atoms with Crippen molar-refractivity contribution < 1.29 is 56.4 Å². The number of esters is 4. The fourth-order valence-corrected chi connectivity index (χ4v) is 6.91. The minimum Gasteiger partial charge on any atom is -0.491 e. The fraction of sp³-hybridized carbons (Fsp3) is 0.370. The van der Waals surface area contributed by atoms with Crippen molar-refractivity contribution in [2.45, 2.75) is 117 Å². The number of hydrogen-bond donors (Lipinski definition) is 0. The first-order valence-corrected chi connectivity index (χ1v) is 23.2. The number of halogens is 2. The molecule has 12 heteroatoms. The van der Waals surface area contributed by atoms with Gasteiger partial charge < -0.3 is 28.4 Å². The summed E-state index contributed by atoms with van der Waals surface area (Å²) in [6.45, 7) is 5.17. The lowest BCUT2D eigenvalue weighted by atomic mass is 10.1. The van der Waals surface area contributed by atoms with Crippen molar-refractivity contribution in [3.63, 3.8) is 0 Å². The van der Waals surface area contributed by atoms with E-state index >= 15 is 0 Å². The van der Waals surface area contributed by atoms with Crippen LogP contribution in [0.5, 0.6) is 34.5 Å². The highest BCUT2D eigenvalue weighted by Gasteiger charge is 2.17. The van der Waals surface area contributed by atoms with Crippen LogP contribution in [0.3, 0.4) is 0 Å². The summed E-state index contributed by atoms with van der Waals surface area (Å²) in [4.78, 5) is 51.4. The van der Waals surface area contributed by atoms with Gasteiger partial charge in [-0.1, -0.05) is 110 Å². The Morgan fingerprint density at radius 2 is 0.682 bits per heavy atom. The van der Waals surface area contributed by atoms with Crippen LogP contribution in [0.15, 0.2) is 109 Å². The molecule has 5 rings (SSSR count). The summed E-state index contributed by atoms with van der Waals surface area (Å²) in [5.41, 5.74) is 0.283. The molecule has 5 aromatic rings. The Bertz CT molecular complexity index is 2150. The number of unbranched alkanes of at least 4 members (excludes halogenated alkanes) is 14. The van der Waals surface area contributed by atoms with E-state index < -0.39 is 35.5 Å². The summed E-state index contributed by atoms with van der Waals surface area (Å²) in [6.07, 6.45) is 18.3. The molecule has 0 aliphatic rings. The zero-order valence-corrected chi connectivity index (χ0v) is 38.0. The molecule has 0 amide bonds. The van der Waals surface area contributed by atoms with E-state index in [9.17, 15) is 28.0 Å². The van der Waals surface area contributed by atoms with E-state index in [0.29, 0.717) is 13.2 Å². The van der Waals surface area contributed by atoms with Crippen molar-refractivity contribution in [3.05, 3.63) is 143 Å². The van der Waals surface area contributed by atoms with E-state index in [1.165, 1.54) is 161 Å². The third-order valence-corrected chi connectivity index (χ3v) is 10.7. The highest BCUT2D eigenvalue weighted by atomic mass is 19.1. The van der Waals surface area contributed by atoms with Crippen molar-refractivity contribution in [2.75, 3.05) is 13.2 Å². The second kappa shape index (κ2) is 27.7. The second-order valence-electron chi connectivity index (χ2n) is 16.0. The lowest BCUT2D eigenvalue weighted by molar-refractivity contribution is 0.0722. The molecular weight excluding hydrogens is 847 g/mol. The normalized spacial score (nSPS) is 10.8. The molecule has 0 aromatic heterocycles. The molecule has 0 aliphatic carbocycles. The molecule has 0 unspecified atom stereocenters. The molecule has 0 saturated carbocycles. The predicted octanol–water partition coefficient (Wildman–Crippen LogP) is 13.9. The van der Waals surface area contributed by atoms with E-state index in [-0.39, 0.29) is 56.8 Å². The van der Waals surface area contributed by atoms with Gasteiger partial charge in [-0.2, -0.15) is 0 Å². The van der Waals surface area contributed by atoms with Crippen molar-refractivity contribution in [1.29, 1.82) is 0 Å². The molecule has 0 heterocycles. The molecular formula is C54H60F2O10. The lowest BCUT2D eigenvalue weighted by Gasteiger charge is -2.10. The molecule has 0 saturated heterocycles. The first kappa shape index (κ1) is 50.4. The summed E-state index contributed by atoms with van der Waals surface area (Å²) >= 11 is 0. The number of hydrogen-bond acceptors (Lipinski definition) is 10. The average molecular weight is 907 g/mol. The van der Waals surface area contributed by atoms with Crippen LogP contribution in [0.25, 0.3) is 0 Å². The van der Waals surface area contributed by atoms with Gasteiger partial charge in [0.15, 0.2) is 23.1 Å². The minimum atomic E-state index is -0.783. The standard InChI is InChI=1S/C54H60F2O10/c1-3-5-7-9-11-13-15-17-34-61-49-32-26-41(36-47(49)55)53(59)63-43-28-22-39(23-29-43)51(57)65-45-20-19-21-46(38-45)66-52(58)40-24-30-44(31-25-40)64-54(60)42-27-33-50(48(56)37-42)62-35-18-16-14-12-10-8-6-4-2/h19-33,36-38H,3-18,34-35H2,1-2H3. The second-order valence-corrected chi connectivity index (χ2v) is 16.0. The minimum absolute atomic E-state index is 0.000151. The molecule has 0 fully saturated rings. The highest BCUT2D eigenvalue weighted by molar-refractivity contribution is 5.94. The maximum atomic E-state index is 14.7. The molecule has 5 aromatic carbocycles. The number of carbonyl (C=O) groups is 4. The third-order valence-electron chi connectivity index (χ3n) is 10.7. The van der Waals surface area contributed by atoms with Gasteiger partial charge in [-0.3, -0.25) is 0 Å². The Morgan fingerprint density at radius 1 is 0.364 bits per heavy atom. The van der Waals surface area contributed by atoms with Gasteiger partial charge in [0.05, 0.1) is 35.5 Å². The molecule has 0 bridgehead atoms. The Morgan fingerprint density at radius 3 is 1.05 bits per heavy atom. The van der Waals surface area contributed by atoms with Crippen LogP contribution in [0.2, 0.25) is 0 Å². The zero-order valence-electron chi connectivity index (χ0n) is 38.0. The SMILES string of the molecule is CCCCCCCCCCOc1ccc(C(=O)Oc2ccc(C(=O)Oc3cccc(OC(=O)c4ccc(OC(=O)c5ccc(OCCCCCCCCCC)c(F)c5)cc4)c3)cc2)cc1F. The Labute approximate surface area is 386 Å². The fourth-order valence-electron chi connectivity index (χ4n) is 6.91. The predicted molar refractivity (Wildman–Crippen MR) is 248 cm³/mol. The van der Waals surface area contributed by atoms with Crippen LogP contribution in [0.4, 0.5) is 8.78 Å². The van der Waals surface area contributed by atoms with E-state index in [2.05, 4.69) is 13.8 Å². The molecule has 350 valence electrons. The molecule has 10 nitrogen and oxygen atoms in total. The van der Waals surface area contributed by atoms with E-state index in [1.54, 1.807) is 0 Å². The van der Waals surface area contributed by atoms with Crippen molar-refractivity contribution in [3.8, 4) is 34.5 Å². The van der Waals surface area contributed by atoms with Gasteiger partial charge in [-0.05, 0) is 110 Å². The van der Waals surface area contributed by atoms with Gasteiger partial charge in [0.25, 0.3) is 0 Å².